The Hall–Kier alpha value is -4.53. The van der Waals surface area contributed by atoms with Gasteiger partial charge in [0, 0.05) is 24.7 Å². The van der Waals surface area contributed by atoms with Gasteiger partial charge in [0.15, 0.2) is 5.82 Å². The van der Waals surface area contributed by atoms with E-state index in [-0.39, 0.29) is 40.5 Å². The smallest absolute Gasteiger partial charge is 0.350 e. The molecule has 0 radical (unpaired) electrons. The summed E-state index contributed by atoms with van der Waals surface area (Å²) in [5.74, 6) is -3.28. The molecule has 0 bridgehead atoms. The number of hydrogen-bond acceptors (Lipinski definition) is 8. The summed E-state index contributed by atoms with van der Waals surface area (Å²) in [6.45, 7) is -0.588. The zero-order valence-corrected chi connectivity index (χ0v) is 19.2. The van der Waals surface area contributed by atoms with Crippen molar-refractivity contribution >= 4 is 40.1 Å². The Morgan fingerprint density at radius 2 is 1.78 bits per heavy atom. The van der Waals surface area contributed by atoms with Gasteiger partial charge in [-0.05, 0) is 24.3 Å². The third-order valence-electron chi connectivity index (χ3n) is 4.97. The molecule has 16 heteroatoms. The molecule has 0 fully saturated rings. The van der Waals surface area contributed by atoms with Gasteiger partial charge in [0.05, 0.1) is 22.5 Å². The summed E-state index contributed by atoms with van der Waals surface area (Å²) in [7, 11) is 0. The summed E-state index contributed by atoms with van der Waals surface area (Å²) in [5, 5.41) is 19.3. The molecule has 2 amide bonds. The Bertz CT molecular complexity index is 1500. The minimum absolute atomic E-state index is 0.00535. The van der Waals surface area contributed by atoms with Gasteiger partial charge in [-0.25, -0.2) is 4.98 Å². The predicted molar refractivity (Wildman–Crippen MR) is 121 cm³/mol. The number of para-hydroxylation sites is 2. The van der Waals surface area contributed by atoms with Crippen LogP contribution in [0.1, 0.15) is 32.7 Å². The number of benzene rings is 2. The fraction of sp³-hybridized carbons (Fsp3) is 0.190. The normalized spacial score (nSPS) is 11.5. The first-order valence-electron chi connectivity index (χ1n) is 10.4. The standard InChI is InChI=1S/C21H15ClF3N7O5/c22-12-6-5-11(9-15(12)32(35)36)17(33)26-7-8-27-18(34)19-29-16(30-37-19)10-31-14-4-2-1-3-13(14)28-20(31)21(23,24)25/h1-6,9H,7-8,10H2,(H,26,33)(H,27,34). The lowest BCUT2D eigenvalue weighted by atomic mass is 10.2. The zero-order chi connectivity index (χ0) is 26.7. The first kappa shape index (κ1) is 25.6. The number of alkyl halides is 3. The Kier molecular flexibility index (Phi) is 7.06. The van der Waals surface area contributed by atoms with Crippen LogP contribution in [0.5, 0.6) is 0 Å². The van der Waals surface area contributed by atoms with Crippen molar-refractivity contribution in [2.24, 2.45) is 0 Å². The van der Waals surface area contributed by atoms with Crippen LogP contribution in [0.4, 0.5) is 18.9 Å². The van der Waals surface area contributed by atoms with Crippen molar-refractivity contribution in [1.82, 2.24) is 30.3 Å². The SMILES string of the molecule is O=C(NCCNC(=O)c1nc(Cn2c(C(F)(F)F)nc3ccccc32)no1)c1ccc(Cl)c([N+](=O)[O-])c1. The molecule has 12 nitrogen and oxygen atoms in total. The number of nitro benzene ring substituents is 1. The lowest BCUT2D eigenvalue weighted by Crippen LogP contribution is -2.34. The quantitative estimate of drug-likeness (QED) is 0.197. The molecule has 192 valence electrons. The highest BCUT2D eigenvalue weighted by atomic mass is 35.5. The van der Waals surface area contributed by atoms with E-state index < -0.39 is 46.9 Å². The van der Waals surface area contributed by atoms with Crippen molar-refractivity contribution in [2.45, 2.75) is 12.7 Å². The lowest BCUT2D eigenvalue weighted by Gasteiger charge is -2.09. The first-order chi connectivity index (χ1) is 17.5. The van der Waals surface area contributed by atoms with Crippen LogP contribution in [0, 0.1) is 10.1 Å². The van der Waals surface area contributed by atoms with E-state index in [4.69, 9.17) is 16.1 Å². The van der Waals surface area contributed by atoms with Gasteiger partial charge >= 0.3 is 18.0 Å². The highest BCUT2D eigenvalue weighted by Gasteiger charge is 2.38. The molecular weight excluding hydrogens is 523 g/mol. The zero-order valence-electron chi connectivity index (χ0n) is 18.5. The van der Waals surface area contributed by atoms with E-state index in [9.17, 15) is 32.9 Å². The molecule has 2 N–H and O–H groups in total. The summed E-state index contributed by atoms with van der Waals surface area (Å²) in [6, 6.07) is 9.54. The molecule has 0 aliphatic rings. The Labute approximate surface area is 209 Å². The number of carbonyl (C=O) groups is 2. The van der Waals surface area contributed by atoms with Crippen molar-refractivity contribution in [3.8, 4) is 0 Å². The number of halogens is 4. The maximum Gasteiger partial charge on any atom is 0.449 e. The van der Waals surface area contributed by atoms with Crippen molar-refractivity contribution in [2.75, 3.05) is 13.1 Å². The summed E-state index contributed by atoms with van der Waals surface area (Å²) in [4.78, 5) is 42.1. The number of nitrogens with one attached hydrogen (secondary N) is 2. The molecule has 0 atom stereocenters. The minimum Gasteiger partial charge on any atom is -0.350 e. The number of rotatable bonds is 8. The molecule has 2 aromatic heterocycles. The molecule has 0 aliphatic heterocycles. The number of hydrogen-bond donors (Lipinski definition) is 2. The average Bonchev–Trinajstić information content (AvgIpc) is 3.47. The number of carbonyl (C=O) groups excluding carboxylic acids is 2. The summed E-state index contributed by atoms with van der Waals surface area (Å²) in [6.07, 6.45) is -4.73. The van der Waals surface area contributed by atoms with Crippen LogP contribution in [0.25, 0.3) is 11.0 Å². The summed E-state index contributed by atoms with van der Waals surface area (Å²) in [5.41, 5.74) is -0.103. The van der Waals surface area contributed by atoms with Gasteiger partial charge in [0.2, 0.25) is 5.82 Å². The second kappa shape index (κ2) is 10.2. The first-order valence-corrected chi connectivity index (χ1v) is 10.8. The number of fused-ring (bicyclic) bond motifs is 1. The summed E-state index contributed by atoms with van der Waals surface area (Å²) < 4.78 is 46.1. The largest absolute Gasteiger partial charge is 0.449 e. The Morgan fingerprint density at radius 1 is 1.08 bits per heavy atom. The third-order valence-corrected chi connectivity index (χ3v) is 5.29. The lowest BCUT2D eigenvalue weighted by molar-refractivity contribution is -0.384. The van der Waals surface area contributed by atoms with Crippen LogP contribution in [-0.4, -0.2) is 49.5 Å². The Morgan fingerprint density at radius 3 is 2.49 bits per heavy atom. The monoisotopic (exact) mass is 537 g/mol. The molecule has 37 heavy (non-hydrogen) atoms. The second-order valence-electron chi connectivity index (χ2n) is 7.46. The predicted octanol–water partition coefficient (Wildman–Crippen LogP) is 3.21. The van der Waals surface area contributed by atoms with Crippen LogP contribution in [0.2, 0.25) is 5.02 Å². The topological polar surface area (TPSA) is 158 Å². The molecular formula is C21H15ClF3N7O5. The van der Waals surface area contributed by atoms with Gasteiger partial charge in [-0.1, -0.05) is 28.9 Å². The minimum atomic E-state index is -4.73. The Balaban J connectivity index is 1.35. The van der Waals surface area contributed by atoms with Gasteiger partial charge in [-0.15, -0.1) is 0 Å². The van der Waals surface area contributed by atoms with E-state index in [2.05, 4.69) is 25.8 Å². The van der Waals surface area contributed by atoms with Crippen LogP contribution in [0.15, 0.2) is 47.0 Å². The van der Waals surface area contributed by atoms with E-state index in [1.807, 2.05) is 0 Å². The highest BCUT2D eigenvalue weighted by Crippen LogP contribution is 2.31. The maximum absolute atomic E-state index is 13.5. The maximum atomic E-state index is 13.5. The van der Waals surface area contributed by atoms with E-state index in [1.165, 1.54) is 24.3 Å². The number of nitro groups is 1. The fourth-order valence-corrected chi connectivity index (χ4v) is 3.51. The van der Waals surface area contributed by atoms with E-state index in [0.717, 1.165) is 10.6 Å². The number of imidazole rings is 1. The van der Waals surface area contributed by atoms with Gasteiger partial charge in [-0.2, -0.15) is 18.2 Å². The highest BCUT2D eigenvalue weighted by molar-refractivity contribution is 6.32. The molecule has 0 spiro atoms. The summed E-state index contributed by atoms with van der Waals surface area (Å²) >= 11 is 5.72. The molecule has 2 heterocycles. The number of amides is 2. The number of aromatic nitrogens is 4. The van der Waals surface area contributed by atoms with E-state index in [0.29, 0.717) is 0 Å². The molecule has 0 saturated carbocycles. The average molecular weight is 538 g/mol. The molecule has 4 rings (SSSR count). The van der Waals surface area contributed by atoms with Crippen molar-refractivity contribution in [3.05, 3.63) is 80.7 Å². The molecule has 2 aromatic carbocycles. The van der Waals surface area contributed by atoms with Crippen molar-refractivity contribution < 1.29 is 32.2 Å². The van der Waals surface area contributed by atoms with Crippen LogP contribution in [0.3, 0.4) is 0 Å². The molecule has 0 aliphatic carbocycles. The van der Waals surface area contributed by atoms with Gasteiger partial charge < -0.3 is 19.7 Å². The van der Waals surface area contributed by atoms with Gasteiger partial charge in [-0.3, -0.25) is 19.7 Å². The van der Waals surface area contributed by atoms with E-state index in [1.54, 1.807) is 12.1 Å². The van der Waals surface area contributed by atoms with Crippen molar-refractivity contribution in [3.63, 3.8) is 0 Å². The second-order valence-corrected chi connectivity index (χ2v) is 7.87. The fourth-order valence-electron chi connectivity index (χ4n) is 3.33. The van der Waals surface area contributed by atoms with Crippen LogP contribution >= 0.6 is 11.6 Å². The van der Waals surface area contributed by atoms with E-state index >= 15 is 0 Å². The molecule has 4 aromatic rings. The molecule has 0 saturated heterocycles. The van der Waals surface area contributed by atoms with Gasteiger partial charge in [0.1, 0.15) is 5.02 Å². The third kappa shape index (κ3) is 5.66. The molecule has 0 unspecified atom stereocenters. The van der Waals surface area contributed by atoms with Crippen molar-refractivity contribution in [1.29, 1.82) is 0 Å². The number of nitrogens with zero attached hydrogens (tertiary/aromatic N) is 5. The van der Waals surface area contributed by atoms with Gasteiger partial charge in [0.25, 0.3) is 11.6 Å². The van der Waals surface area contributed by atoms with Crippen LogP contribution < -0.4 is 10.6 Å². The van der Waals surface area contributed by atoms with Crippen LogP contribution in [-0.2, 0) is 12.7 Å².